The summed E-state index contributed by atoms with van der Waals surface area (Å²) >= 11 is 5.46. The second kappa shape index (κ2) is 6.84. The van der Waals surface area contributed by atoms with Crippen LogP contribution in [0.3, 0.4) is 0 Å². The molecule has 0 spiro atoms. The van der Waals surface area contributed by atoms with Gasteiger partial charge in [0.25, 0.3) is 5.91 Å². The van der Waals surface area contributed by atoms with E-state index in [0.717, 1.165) is 8.04 Å². The molecule has 0 saturated carbocycles. The van der Waals surface area contributed by atoms with Gasteiger partial charge in [0.1, 0.15) is 0 Å². The smallest absolute Gasteiger partial charge is 0.252 e. The van der Waals surface area contributed by atoms with Gasteiger partial charge in [-0.15, -0.1) is 0 Å². The van der Waals surface area contributed by atoms with E-state index in [1.54, 1.807) is 12.3 Å². The van der Waals surface area contributed by atoms with Crippen LogP contribution >= 0.6 is 38.5 Å². The maximum atomic E-state index is 11.9. The van der Waals surface area contributed by atoms with Gasteiger partial charge < -0.3 is 5.32 Å². The van der Waals surface area contributed by atoms with Crippen molar-refractivity contribution in [3.05, 3.63) is 31.8 Å². The van der Waals surface area contributed by atoms with E-state index in [-0.39, 0.29) is 11.2 Å². The Bertz CT molecular complexity index is 453. The van der Waals surface area contributed by atoms with Crippen molar-refractivity contribution in [3.8, 4) is 0 Å². The van der Waals surface area contributed by atoms with E-state index in [4.69, 9.17) is 0 Å². The van der Waals surface area contributed by atoms with Crippen LogP contribution in [-0.2, 0) is 10.8 Å². The fourth-order valence-corrected chi connectivity index (χ4v) is 2.38. The van der Waals surface area contributed by atoms with Crippen molar-refractivity contribution >= 4 is 55.2 Å². The van der Waals surface area contributed by atoms with Crippen molar-refractivity contribution < 1.29 is 9.00 Å². The molecule has 0 heterocycles. The average molecular weight is 430 g/mol. The first kappa shape index (κ1) is 15.1. The number of benzene rings is 1. The highest BCUT2D eigenvalue weighted by molar-refractivity contribution is 14.1. The maximum absolute atomic E-state index is 11.9. The zero-order valence-corrected chi connectivity index (χ0v) is 14.1. The summed E-state index contributed by atoms with van der Waals surface area (Å²) in [5.41, 5.74) is 0.633. The molecular formula is C11H13BrINO2S. The first-order valence-electron chi connectivity index (χ1n) is 4.97. The Kier molecular flexibility index (Phi) is 6.08. The summed E-state index contributed by atoms with van der Waals surface area (Å²) in [5.74, 6) is -0.131. The number of hydrogen-bond donors (Lipinski definition) is 1. The molecule has 1 aromatic carbocycles. The Morgan fingerprint density at radius 1 is 1.59 bits per heavy atom. The van der Waals surface area contributed by atoms with Gasteiger partial charge in [-0.2, -0.15) is 0 Å². The van der Waals surface area contributed by atoms with Gasteiger partial charge in [-0.3, -0.25) is 9.00 Å². The van der Waals surface area contributed by atoms with Crippen molar-refractivity contribution in [2.24, 2.45) is 0 Å². The number of nitrogens with one attached hydrogen (secondary N) is 1. The van der Waals surface area contributed by atoms with Gasteiger partial charge in [0.2, 0.25) is 0 Å². The first-order valence-corrected chi connectivity index (χ1v) is 8.46. The molecule has 0 fully saturated rings. The third-order valence-corrected chi connectivity index (χ3v) is 5.02. The standard InChI is InChI=1S/C11H13BrINO2S/c1-7(17(2)16)6-14-11(15)9-5-8(12)3-4-10(9)13/h3-5,7H,6H2,1-2H3,(H,14,15). The van der Waals surface area contributed by atoms with Gasteiger partial charge in [-0.25, -0.2) is 0 Å². The van der Waals surface area contributed by atoms with Crippen molar-refractivity contribution in [2.45, 2.75) is 12.2 Å². The molecule has 6 heteroatoms. The first-order chi connectivity index (χ1) is 7.91. The van der Waals surface area contributed by atoms with Crippen LogP contribution < -0.4 is 5.32 Å². The lowest BCUT2D eigenvalue weighted by atomic mass is 10.2. The molecule has 94 valence electrons. The molecule has 1 N–H and O–H groups in total. The topological polar surface area (TPSA) is 46.2 Å². The number of carbonyl (C=O) groups excluding carboxylic acids is 1. The molecule has 1 rings (SSSR count). The molecular weight excluding hydrogens is 417 g/mol. The van der Waals surface area contributed by atoms with Crippen LogP contribution in [-0.4, -0.2) is 28.2 Å². The SMILES string of the molecule is CC(CNC(=O)c1cc(Br)ccc1I)S(C)=O. The summed E-state index contributed by atoms with van der Waals surface area (Å²) in [5, 5.41) is 2.75. The van der Waals surface area contributed by atoms with E-state index in [9.17, 15) is 9.00 Å². The number of hydrogen-bond acceptors (Lipinski definition) is 2. The van der Waals surface area contributed by atoms with Crippen LogP contribution in [0.25, 0.3) is 0 Å². The summed E-state index contributed by atoms with van der Waals surface area (Å²) in [4.78, 5) is 11.9. The number of rotatable bonds is 4. The quantitative estimate of drug-likeness (QED) is 0.747. The zero-order chi connectivity index (χ0) is 13.0. The van der Waals surface area contributed by atoms with E-state index < -0.39 is 10.8 Å². The highest BCUT2D eigenvalue weighted by Gasteiger charge is 2.12. The summed E-state index contributed by atoms with van der Waals surface area (Å²) in [6.07, 6.45) is 1.64. The summed E-state index contributed by atoms with van der Waals surface area (Å²) < 4.78 is 12.9. The molecule has 1 aromatic rings. The Balaban J connectivity index is 2.70. The number of amides is 1. The van der Waals surface area contributed by atoms with Crippen molar-refractivity contribution in [1.29, 1.82) is 0 Å². The Morgan fingerprint density at radius 2 is 2.24 bits per heavy atom. The molecule has 0 aliphatic carbocycles. The van der Waals surface area contributed by atoms with Gasteiger partial charge in [0.05, 0.1) is 5.56 Å². The monoisotopic (exact) mass is 429 g/mol. The lowest BCUT2D eigenvalue weighted by Crippen LogP contribution is -2.33. The molecule has 0 aliphatic rings. The van der Waals surface area contributed by atoms with Crippen LogP contribution in [0.15, 0.2) is 22.7 Å². The van der Waals surface area contributed by atoms with Crippen molar-refractivity contribution in [3.63, 3.8) is 0 Å². The minimum atomic E-state index is -0.919. The molecule has 0 aromatic heterocycles. The third-order valence-electron chi connectivity index (χ3n) is 2.29. The third kappa shape index (κ3) is 4.67. The van der Waals surface area contributed by atoms with Crippen LogP contribution in [0.2, 0.25) is 0 Å². The van der Waals surface area contributed by atoms with E-state index in [1.807, 2.05) is 19.1 Å². The van der Waals surface area contributed by atoms with E-state index in [1.165, 1.54) is 0 Å². The maximum Gasteiger partial charge on any atom is 0.252 e. The Hall–Kier alpha value is 0.0500. The normalized spacial score (nSPS) is 14.1. The molecule has 17 heavy (non-hydrogen) atoms. The molecule has 0 saturated heterocycles. The second-order valence-corrected chi connectivity index (χ2v) is 7.52. The lowest BCUT2D eigenvalue weighted by molar-refractivity contribution is 0.0953. The zero-order valence-electron chi connectivity index (χ0n) is 9.50. The van der Waals surface area contributed by atoms with E-state index >= 15 is 0 Å². The molecule has 0 bridgehead atoms. The molecule has 0 aliphatic heterocycles. The number of carbonyl (C=O) groups is 1. The average Bonchev–Trinajstić information content (AvgIpc) is 2.28. The molecule has 3 nitrogen and oxygen atoms in total. The summed E-state index contributed by atoms with van der Waals surface area (Å²) in [7, 11) is -0.919. The van der Waals surface area contributed by atoms with Crippen LogP contribution in [0.4, 0.5) is 0 Å². The Labute approximate surface area is 125 Å². The van der Waals surface area contributed by atoms with Gasteiger partial charge in [-0.05, 0) is 47.7 Å². The fourth-order valence-electron chi connectivity index (χ4n) is 1.12. The summed E-state index contributed by atoms with van der Waals surface area (Å²) in [6, 6.07) is 5.55. The molecule has 1 amide bonds. The Morgan fingerprint density at radius 3 is 2.82 bits per heavy atom. The largest absolute Gasteiger partial charge is 0.351 e. The van der Waals surface area contributed by atoms with Crippen molar-refractivity contribution in [1.82, 2.24) is 5.32 Å². The molecule has 2 unspecified atom stereocenters. The highest BCUT2D eigenvalue weighted by Crippen LogP contribution is 2.18. The summed E-state index contributed by atoms with van der Waals surface area (Å²) in [6.45, 7) is 2.27. The van der Waals surface area contributed by atoms with E-state index in [2.05, 4.69) is 43.8 Å². The van der Waals surface area contributed by atoms with Gasteiger partial charge >= 0.3 is 0 Å². The van der Waals surface area contributed by atoms with Crippen LogP contribution in [0.1, 0.15) is 17.3 Å². The minimum Gasteiger partial charge on any atom is -0.351 e. The van der Waals surface area contributed by atoms with Gasteiger partial charge in [0, 0.05) is 36.9 Å². The second-order valence-electron chi connectivity index (χ2n) is 3.64. The highest BCUT2D eigenvalue weighted by atomic mass is 127. The van der Waals surface area contributed by atoms with Crippen LogP contribution in [0, 0.1) is 3.57 Å². The van der Waals surface area contributed by atoms with Gasteiger partial charge in [0.15, 0.2) is 0 Å². The fraction of sp³-hybridized carbons (Fsp3) is 0.364. The predicted molar refractivity (Wildman–Crippen MR) is 82.7 cm³/mol. The molecule has 0 radical (unpaired) electrons. The van der Waals surface area contributed by atoms with Gasteiger partial charge in [-0.1, -0.05) is 15.9 Å². The molecule has 2 atom stereocenters. The van der Waals surface area contributed by atoms with Crippen molar-refractivity contribution in [2.75, 3.05) is 12.8 Å². The predicted octanol–water partition coefficient (Wildman–Crippen LogP) is 2.55. The minimum absolute atomic E-state index is 0.0382. The van der Waals surface area contributed by atoms with Crippen LogP contribution in [0.5, 0.6) is 0 Å². The lowest BCUT2D eigenvalue weighted by Gasteiger charge is -2.11. The van der Waals surface area contributed by atoms with E-state index in [0.29, 0.717) is 12.1 Å². The number of halogens is 2.